The molecule has 0 aliphatic rings. The van der Waals surface area contributed by atoms with Crippen LogP contribution in [0.3, 0.4) is 0 Å². The normalized spacial score (nSPS) is 11.3. The molecule has 252 valence electrons. The predicted octanol–water partition coefficient (Wildman–Crippen LogP) is 5.53. The lowest BCUT2D eigenvalue weighted by atomic mass is 10.0. The highest BCUT2D eigenvalue weighted by molar-refractivity contribution is 5.88. The molecule has 11 heteroatoms. The van der Waals surface area contributed by atoms with Gasteiger partial charge in [-0.25, -0.2) is 14.2 Å². The van der Waals surface area contributed by atoms with Gasteiger partial charge in [-0.05, 0) is 46.9 Å². The van der Waals surface area contributed by atoms with E-state index in [1.54, 1.807) is 24.4 Å². The van der Waals surface area contributed by atoms with Crippen molar-refractivity contribution in [3.63, 3.8) is 0 Å². The predicted molar refractivity (Wildman–Crippen MR) is 182 cm³/mol. The summed E-state index contributed by atoms with van der Waals surface area (Å²) in [6, 6.07) is 32.7. The van der Waals surface area contributed by atoms with Crippen molar-refractivity contribution in [1.82, 2.24) is 25.5 Å². The van der Waals surface area contributed by atoms with Gasteiger partial charge >= 0.3 is 6.09 Å². The molecule has 5 rings (SSSR count). The lowest BCUT2D eigenvalue weighted by Gasteiger charge is -2.27. The minimum Gasteiger partial charge on any atom is -0.489 e. The zero-order chi connectivity index (χ0) is 34.3. The van der Waals surface area contributed by atoms with Gasteiger partial charge in [0.25, 0.3) is 0 Å². The number of H-pyrrole nitrogens is 1. The van der Waals surface area contributed by atoms with Crippen LogP contribution in [0.1, 0.15) is 33.9 Å². The molecule has 5 aromatic rings. The van der Waals surface area contributed by atoms with E-state index in [0.29, 0.717) is 30.0 Å². The topological polar surface area (TPSA) is 126 Å². The van der Waals surface area contributed by atoms with Crippen molar-refractivity contribution in [2.24, 2.45) is 0 Å². The Morgan fingerprint density at radius 3 is 2.14 bits per heavy atom. The van der Waals surface area contributed by atoms with Crippen LogP contribution in [-0.2, 0) is 40.5 Å². The van der Waals surface area contributed by atoms with Crippen LogP contribution in [0.15, 0.2) is 122 Å². The van der Waals surface area contributed by atoms with E-state index in [2.05, 4.69) is 20.6 Å². The van der Waals surface area contributed by atoms with Gasteiger partial charge in [-0.2, -0.15) is 0 Å². The Morgan fingerprint density at radius 1 is 0.796 bits per heavy atom. The third-order valence-electron chi connectivity index (χ3n) is 7.70. The molecule has 49 heavy (non-hydrogen) atoms. The van der Waals surface area contributed by atoms with Gasteiger partial charge in [0.05, 0.1) is 24.5 Å². The Kier molecular flexibility index (Phi) is 12.5. The Bertz CT molecular complexity index is 1770. The SMILES string of the molecule is O=C(CN(Cc1ccc(OCc2ccccc2)cc1)C(=O)[C@@H](CNC(=O)OCc1ccccc1)c1c[nH]cn1)NCCc1ccccc1F. The number of nitrogens with one attached hydrogen (secondary N) is 3. The number of hydrogen-bond acceptors (Lipinski definition) is 6. The summed E-state index contributed by atoms with van der Waals surface area (Å²) in [5.74, 6) is -1.45. The molecule has 3 amide bonds. The second kappa shape index (κ2) is 17.8. The smallest absolute Gasteiger partial charge is 0.407 e. The van der Waals surface area contributed by atoms with Crippen LogP contribution in [-0.4, -0.2) is 52.4 Å². The van der Waals surface area contributed by atoms with Gasteiger partial charge in [-0.15, -0.1) is 0 Å². The van der Waals surface area contributed by atoms with Crippen molar-refractivity contribution >= 4 is 17.9 Å². The fourth-order valence-corrected chi connectivity index (χ4v) is 5.09. The monoisotopic (exact) mass is 663 g/mol. The first-order valence-electron chi connectivity index (χ1n) is 15.9. The Balaban J connectivity index is 1.26. The molecule has 3 N–H and O–H groups in total. The Morgan fingerprint density at radius 2 is 1.47 bits per heavy atom. The molecule has 0 unspecified atom stereocenters. The molecular formula is C38H38FN5O5. The molecule has 1 atom stereocenters. The highest BCUT2D eigenvalue weighted by Gasteiger charge is 2.30. The molecule has 0 fully saturated rings. The lowest BCUT2D eigenvalue weighted by molar-refractivity contribution is -0.137. The highest BCUT2D eigenvalue weighted by atomic mass is 19.1. The zero-order valence-electron chi connectivity index (χ0n) is 26.9. The van der Waals surface area contributed by atoms with E-state index in [1.165, 1.54) is 17.3 Å². The largest absolute Gasteiger partial charge is 0.489 e. The van der Waals surface area contributed by atoms with E-state index in [-0.39, 0.29) is 38.6 Å². The summed E-state index contributed by atoms with van der Waals surface area (Å²) in [7, 11) is 0. The fourth-order valence-electron chi connectivity index (χ4n) is 5.09. The molecule has 0 saturated carbocycles. The number of imidazole rings is 1. The number of ether oxygens (including phenoxy) is 2. The summed E-state index contributed by atoms with van der Waals surface area (Å²) in [4.78, 5) is 48.5. The fraction of sp³-hybridized carbons (Fsp3) is 0.211. The summed E-state index contributed by atoms with van der Waals surface area (Å²) in [5.41, 5.74) is 3.49. The van der Waals surface area contributed by atoms with Crippen LogP contribution < -0.4 is 15.4 Å². The van der Waals surface area contributed by atoms with Gasteiger partial charge in [0.15, 0.2) is 0 Å². The Hall–Kier alpha value is -5.97. The number of nitrogens with zero attached hydrogens (tertiary/aromatic N) is 2. The quantitative estimate of drug-likeness (QED) is 0.128. The molecule has 1 aromatic heterocycles. The van der Waals surface area contributed by atoms with Gasteiger partial charge in [0, 0.05) is 25.8 Å². The van der Waals surface area contributed by atoms with Crippen molar-refractivity contribution < 1.29 is 28.2 Å². The average molecular weight is 664 g/mol. The number of carbonyl (C=O) groups excluding carboxylic acids is 3. The number of aromatic amines is 1. The van der Waals surface area contributed by atoms with Crippen LogP contribution in [0.25, 0.3) is 0 Å². The molecule has 0 aliphatic carbocycles. The highest BCUT2D eigenvalue weighted by Crippen LogP contribution is 2.20. The van der Waals surface area contributed by atoms with Crippen LogP contribution in [0.2, 0.25) is 0 Å². The summed E-state index contributed by atoms with van der Waals surface area (Å²) in [6.07, 6.45) is 2.62. The lowest BCUT2D eigenvalue weighted by Crippen LogP contribution is -2.45. The van der Waals surface area contributed by atoms with Gasteiger partial charge < -0.3 is 30.0 Å². The van der Waals surface area contributed by atoms with E-state index in [1.807, 2.05) is 84.9 Å². The van der Waals surface area contributed by atoms with Crippen LogP contribution >= 0.6 is 0 Å². The molecule has 0 bridgehead atoms. The van der Waals surface area contributed by atoms with Crippen molar-refractivity contribution in [3.8, 4) is 5.75 Å². The number of halogens is 1. The number of aromatic nitrogens is 2. The molecule has 0 spiro atoms. The first-order valence-corrected chi connectivity index (χ1v) is 15.9. The maximum atomic E-state index is 14.2. The molecule has 0 aliphatic heterocycles. The van der Waals surface area contributed by atoms with Crippen LogP contribution in [0, 0.1) is 5.82 Å². The second-order valence-corrected chi connectivity index (χ2v) is 11.3. The number of hydrogen-bond donors (Lipinski definition) is 3. The zero-order valence-corrected chi connectivity index (χ0v) is 26.9. The standard InChI is InChI=1S/C38H38FN5O5/c39-34-14-8-7-13-31(34)19-20-41-36(45)24-44(23-28-15-17-32(18-16-28)48-25-29-9-3-1-4-10-29)37(46)33(35-22-40-27-43-35)21-42-38(47)49-26-30-11-5-2-6-12-30/h1-18,22,27,33H,19-21,23-26H2,(H,40,43)(H,41,45)(H,42,47)/t33-/m0/s1. The maximum absolute atomic E-state index is 14.2. The van der Waals surface area contributed by atoms with Gasteiger partial charge in [-0.3, -0.25) is 9.59 Å². The third kappa shape index (κ3) is 10.8. The first kappa shape index (κ1) is 34.4. The number of carbonyl (C=O) groups is 3. The number of rotatable bonds is 16. The third-order valence-corrected chi connectivity index (χ3v) is 7.70. The van der Waals surface area contributed by atoms with Gasteiger partial charge in [0.2, 0.25) is 11.8 Å². The number of alkyl carbamates (subject to hydrolysis) is 1. The van der Waals surface area contributed by atoms with Crippen LogP contribution in [0.4, 0.5) is 9.18 Å². The van der Waals surface area contributed by atoms with E-state index >= 15 is 0 Å². The van der Waals surface area contributed by atoms with Crippen molar-refractivity contribution in [1.29, 1.82) is 0 Å². The average Bonchev–Trinajstić information content (AvgIpc) is 3.67. The summed E-state index contributed by atoms with van der Waals surface area (Å²) >= 11 is 0. The molecule has 1 heterocycles. The van der Waals surface area contributed by atoms with E-state index in [4.69, 9.17) is 9.47 Å². The molecule has 4 aromatic carbocycles. The van der Waals surface area contributed by atoms with E-state index in [9.17, 15) is 18.8 Å². The van der Waals surface area contributed by atoms with Gasteiger partial charge in [-0.1, -0.05) is 91.0 Å². The summed E-state index contributed by atoms with van der Waals surface area (Å²) < 4.78 is 25.3. The van der Waals surface area contributed by atoms with Crippen molar-refractivity contribution in [3.05, 3.63) is 155 Å². The van der Waals surface area contributed by atoms with Crippen LogP contribution in [0.5, 0.6) is 5.75 Å². The maximum Gasteiger partial charge on any atom is 0.407 e. The summed E-state index contributed by atoms with van der Waals surface area (Å²) in [5, 5.41) is 5.47. The first-order chi connectivity index (χ1) is 23.9. The minimum atomic E-state index is -0.921. The summed E-state index contributed by atoms with van der Waals surface area (Å²) in [6.45, 7) is 0.364. The Labute approximate surface area is 284 Å². The van der Waals surface area contributed by atoms with Crippen molar-refractivity contribution in [2.75, 3.05) is 19.6 Å². The van der Waals surface area contributed by atoms with E-state index < -0.39 is 23.8 Å². The molecule has 10 nitrogen and oxygen atoms in total. The van der Waals surface area contributed by atoms with E-state index in [0.717, 1.165) is 16.7 Å². The number of amides is 3. The molecular weight excluding hydrogens is 625 g/mol. The second-order valence-electron chi connectivity index (χ2n) is 11.3. The minimum absolute atomic E-state index is 0.0674. The van der Waals surface area contributed by atoms with Crippen molar-refractivity contribution in [2.45, 2.75) is 32.1 Å². The number of benzene rings is 4. The molecule has 0 radical (unpaired) electrons. The molecule has 0 saturated heterocycles. The van der Waals surface area contributed by atoms with Gasteiger partial charge in [0.1, 0.15) is 24.8 Å².